The van der Waals surface area contributed by atoms with Crippen LogP contribution in [0.5, 0.6) is 0 Å². The summed E-state index contributed by atoms with van der Waals surface area (Å²) >= 11 is 1.62. The van der Waals surface area contributed by atoms with Crippen LogP contribution in [0.2, 0.25) is 0 Å². The Morgan fingerprint density at radius 1 is 1.19 bits per heavy atom. The number of carboxylic acid groups (broad SMARTS) is 1. The summed E-state index contributed by atoms with van der Waals surface area (Å²) in [5.41, 5.74) is 0.227. The number of thiophene rings is 1. The Balaban J connectivity index is 1.34. The first-order valence-electron chi connectivity index (χ1n) is 10.2. The average molecular weight is 447 g/mol. The number of aromatic nitrogens is 2. The van der Waals surface area contributed by atoms with E-state index in [0.717, 1.165) is 10.6 Å². The number of ether oxygens (including phenoxy) is 2. The van der Waals surface area contributed by atoms with E-state index in [0.29, 0.717) is 19.2 Å². The van der Waals surface area contributed by atoms with Crippen LogP contribution in [0.15, 0.2) is 29.8 Å². The molecule has 4 atom stereocenters. The molecule has 2 aromatic heterocycles. The summed E-state index contributed by atoms with van der Waals surface area (Å²) in [5.74, 6) is -0.611. The number of nitrogens with zero attached hydrogens (tertiary/aromatic N) is 2. The minimum Gasteiger partial charge on any atom is -0.481 e. The summed E-state index contributed by atoms with van der Waals surface area (Å²) in [7, 11) is 0. The number of fused-ring (bicyclic) bond motifs is 1. The second kappa shape index (κ2) is 8.89. The number of carbonyl (C=O) groups excluding carboxylic acids is 1. The van der Waals surface area contributed by atoms with Crippen LogP contribution in [-0.2, 0) is 19.1 Å². The molecule has 2 aliphatic rings. The first-order chi connectivity index (χ1) is 14.8. The molecular formula is C21H26N4O5S. The lowest BCUT2D eigenvalue weighted by molar-refractivity contribution is -0.139. The largest absolute Gasteiger partial charge is 0.481 e. The molecule has 9 nitrogen and oxygen atoms in total. The standard InChI is InChI=1S/C21H26N4O5S/c1-21(2,9-17(27)28)8-16(26)23-13-10-29-19-14(11-30-18(13)19)25-20-22-6-5-12(24-20)15-4-3-7-31-15/h3-7,13-14,18-19H,8-11H2,1-2H3,(H,23,26)(H,27,28)(H,22,24,25)/t13-,14-,18+,19+/m0/s1. The van der Waals surface area contributed by atoms with Gasteiger partial charge in [0.05, 0.1) is 42.3 Å². The van der Waals surface area contributed by atoms with Gasteiger partial charge in [0.25, 0.3) is 0 Å². The molecule has 4 heterocycles. The van der Waals surface area contributed by atoms with Crippen molar-refractivity contribution in [3.05, 3.63) is 29.8 Å². The monoisotopic (exact) mass is 446 g/mol. The average Bonchev–Trinajstić information content (AvgIpc) is 3.41. The van der Waals surface area contributed by atoms with Crippen molar-refractivity contribution in [2.24, 2.45) is 5.41 Å². The fourth-order valence-corrected chi connectivity index (χ4v) is 4.76. The molecule has 2 fully saturated rings. The van der Waals surface area contributed by atoms with Crippen LogP contribution in [0.25, 0.3) is 10.6 Å². The topological polar surface area (TPSA) is 123 Å². The molecule has 0 saturated carbocycles. The van der Waals surface area contributed by atoms with E-state index in [9.17, 15) is 9.59 Å². The summed E-state index contributed by atoms with van der Waals surface area (Å²) in [6.45, 7) is 4.30. The van der Waals surface area contributed by atoms with Crippen molar-refractivity contribution in [2.45, 2.75) is 51.0 Å². The van der Waals surface area contributed by atoms with Crippen molar-refractivity contribution in [1.29, 1.82) is 0 Å². The molecule has 166 valence electrons. The van der Waals surface area contributed by atoms with Crippen molar-refractivity contribution in [3.63, 3.8) is 0 Å². The third kappa shape index (κ3) is 5.20. The van der Waals surface area contributed by atoms with Gasteiger partial charge in [0.1, 0.15) is 12.2 Å². The third-order valence-corrected chi connectivity index (χ3v) is 6.30. The fourth-order valence-electron chi connectivity index (χ4n) is 4.07. The van der Waals surface area contributed by atoms with E-state index in [1.165, 1.54) is 0 Å². The number of hydrogen-bond acceptors (Lipinski definition) is 8. The van der Waals surface area contributed by atoms with Crippen LogP contribution in [0, 0.1) is 5.41 Å². The van der Waals surface area contributed by atoms with Crippen molar-refractivity contribution in [3.8, 4) is 10.6 Å². The minimum absolute atomic E-state index is 0.0688. The quantitative estimate of drug-likeness (QED) is 0.564. The van der Waals surface area contributed by atoms with Crippen LogP contribution in [0.4, 0.5) is 5.95 Å². The maximum absolute atomic E-state index is 12.5. The molecule has 0 radical (unpaired) electrons. The van der Waals surface area contributed by atoms with Crippen molar-refractivity contribution >= 4 is 29.2 Å². The number of rotatable bonds is 8. The normalized spacial score (nSPS) is 25.2. The number of amides is 1. The molecule has 3 N–H and O–H groups in total. The maximum atomic E-state index is 12.5. The highest BCUT2D eigenvalue weighted by molar-refractivity contribution is 7.13. The van der Waals surface area contributed by atoms with Gasteiger partial charge < -0.3 is 25.2 Å². The van der Waals surface area contributed by atoms with Gasteiger partial charge in [-0.1, -0.05) is 19.9 Å². The molecule has 2 aromatic rings. The molecule has 0 bridgehead atoms. The van der Waals surface area contributed by atoms with Crippen LogP contribution < -0.4 is 10.6 Å². The van der Waals surface area contributed by atoms with Crippen molar-refractivity contribution < 1.29 is 24.2 Å². The second-order valence-electron chi connectivity index (χ2n) is 8.68. The SMILES string of the molecule is CC(C)(CC(=O)O)CC(=O)N[C@H]1CO[C@H]2[C@@H]1OC[C@@H]2Nc1nccc(-c2cccs2)n1. The first-order valence-corrected chi connectivity index (χ1v) is 11.1. The lowest BCUT2D eigenvalue weighted by atomic mass is 9.85. The van der Waals surface area contributed by atoms with E-state index < -0.39 is 11.4 Å². The van der Waals surface area contributed by atoms with Gasteiger partial charge in [-0.3, -0.25) is 9.59 Å². The number of carboxylic acids is 1. The zero-order valence-electron chi connectivity index (χ0n) is 17.4. The number of carbonyl (C=O) groups is 2. The van der Waals surface area contributed by atoms with Gasteiger partial charge >= 0.3 is 5.97 Å². The Morgan fingerprint density at radius 3 is 2.65 bits per heavy atom. The van der Waals surface area contributed by atoms with E-state index in [4.69, 9.17) is 14.6 Å². The van der Waals surface area contributed by atoms with Gasteiger partial charge in [0.2, 0.25) is 11.9 Å². The molecule has 0 unspecified atom stereocenters. The highest BCUT2D eigenvalue weighted by Crippen LogP contribution is 2.30. The molecule has 2 saturated heterocycles. The molecule has 4 rings (SSSR count). The number of anilines is 1. The van der Waals surface area contributed by atoms with Crippen LogP contribution >= 0.6 is 11.3 Å². The van der Waals surface area contributed by atoms with Gasteiger partial charge in [0, 0.05) is 12.6 Å². The predicted molar refractivity (Wildman–Crippen MR) is 115 cm³/mol. The highest BCUT2D eigenvalue weighted by Gasteiger charge is 2.48. The molecule has 10 heteroatoms. The third-order valence-electron chi connectivity index (χ3n) is 5.41. The Kier molecular flexibility index (Phi) is 6.22. The van der Waals surface area contributed by atoms with E-state index >= 15 is 0 Å². The Morgan fingerprint density at radius 2 is 1.94 bits per heavy atom. The van der Waals surface area contributed by atoms with E-state index in [2.05, 4.69) is 20.6 Å². The van der Waals surface area contributed by atoms with E-state index in [1.54, 1.807) is 31.4 Å². The summed E-state index contributed by atoms with van der Waals surface area (Å²) in [6, 6.07) is 5.46. The number of aliphatic carboxylic acids is 1. The summed E-state index contributed by atoms with van der Waals surface area (Å²) < 4.78 is 11.8. The number of nitrogens with one attached hydrogen (secondary N) is 2. The molecule has 0 aliphatic carbocycles. The van der Waals surface area contributed by atoms with E-state index in [-0.39, 0.29) is 43.0 Å². The molecule has 31 heavy (non-hydrogen) atoms. The maximum Gasteiger partial charge on any atom is 0.303 e. The lowest BCUT2D eigenvalue weighted by Crippen LogP contribution is -2.45. The second-order valence-corrected chi connectivity index (χ2v) is 9.62. The molecular weight excluding hydrogens is 420 g/mol. The molecule has 1 amide bonds. The van der Waals surface area contributed by atoms with Crippen molar-refractivity contribution in [2.75, 3.05) is 18.5 Å². The highest BCUT2D eigenvalue weighted by atomic mass is 32.1. The Labute approximate surface area is 184 Å². The van der Waals surface area contributed by atoms with E-state index in [1.807, 2.05) is 23.6 Å². The Hall–Kier alpha value is -2.56. The van der Waals surface area contributed by atoms with Crippen LogP contribution in [0.3, 0.4) is 0 Å². The van der Waals surface area contributed by atoms with Crippen LogP contribution in [-0.4, -0.2) is 64.5 Å². The zero-order chi connectivity index (χ0) is 22.0. The van der Waals surface area contributed by atoms with Crippen LogP contribution in [0.1, 0.15) is 26.7 Å². The van der Waals surface area contributed by atoms with Gasteiger partial charge in [-0.15, -0.1) is 11.3 Å². The molecule has 2 aliphatic heterocycles. The van der Waals surface area contributed by atoms with Gasteiger partial charge in [0.15, 0.2) is 0 Å². The van der Waals surface area contributed by atoms with Crippen molar-refractivity contribution in [1.82, 2.24) is 15.3 Å². The fraction of sp³-hybridized carbons (Fsp3) is 0.524. The lowest BCUT2D eigenvalue weighted by Gasteiger charge is -2.24. The summed E-state index contributed by atoms with van der Waals surface area (Å²) in [5, 5.41) is 17.3. The number of hydrogen-bond donors (Lipinski definition) is 3. The molecule has 0 spiro atoms. The van der Waals surface area contributed by atoms with Gasteiger partial charge in [-0.25, -0.2) is 9.97 Å². The molecule has 0 aromatic carbocycles. The summed E-state index contributed by atoms with van der Waals surface area (Å²) in [6.07, 6.45) is 1.27. The first kappa shape index (κ1) is 21.7. The van der Waals surface area contributed by atoms with Gasteiger partial charge in [-0.2, -0.15) is 0 Å². The predicted octanol–water partition coefficient (Wildman–Crippen LogP) is 2.16. The Bertz CT molecular complexity index is 936. The summed E-state index contributed by atoms with van der Waals surface area (Å²) in [4.78, 5) is 33.4. The van der Waals surface area contributed by atoms with Gasteiger partial charge in [-0.05, 0) is 22.9 Å². The zero-order valence-corrected chi connectivity index (χ0v) is 18.2. The minimum atomic E-state index is -0.916. The smallest absolute Gasteiger partial charge is 0.303 e.